The maximum Gasteiger partial charge on any atom is 0.357 e. The topological polar surface area (TPSA) is 44.8 Å². The number of benzene rings is 2. The molecule has 0 aromatic heterocycles. The van der Waals surface area contributed by atoms with Crippen molar-refractivity contribution in [3.8, 4) is 17.2 Å². The van der Waals surface area contributed by atoms with E-state index in [-0.39, 0.29) is 0 Å². The molecule has 1 aliphatic heterocycles. The maximum absolute atomic E-state index is 12.7. The number of esters is 1. The largest absolute Gasteiger partial charge is 0.493 e. The van der Waals surface area contributed by atoms with E-state index in [1.165, 1.54) is 37.7 Å². The third-order valence-electron chi connectivity index (χ3n) is 5.45. The van der Waals surface area contributed by atoms with Crippen LogP contribution >= 0.6 is 0 Å². The molecule has 0 fully saturated rings. The molecule has 0 amide bonds. The van der Waals surface area contributed by atoms with Crippen LogP contribution in [-0.4, -0.2) is 12.6 Å². The molecule has 0 bridgehead atoms. The quantitative estimate of drug-likeness (QED) is 0.219. The lowest BCUT2D eigenvalue weighted by molar-refractivity contribution is -0.145. The molecule has 2 aromatic carbocycles. The highest BCUT2D eigenvalue weighted by atomic mass is 16.6. The Morgan fingerprint density at radius 2 is 1.60 bits per heavy atom. The standard InChI is InChI=1S/C26H34O4/c1-3-5-7-8-9-12-18-28-22-17-16-20(13-6-4-2)19-21(22)25-26(27)30-24-15-11-10-14-23(24)29-25/h10-11,14-17,19,25H,3-9,12-13,18H2,1-2H3/t25-/m0/s1. The number of carbonyl (C=O) groups excluding carboxylic acids is 1. The van der Waals surface area contributed by atoms with Crippen LogP contribution in [0.5, 0.6) is 17.2 Å². The van der Waals surface area contributed by atoms with Gasteiger partial charge in [0.1, 0.15) is 5.75 Å². The van der Waals surface area contributed by atoms with Gasteiger partial charge in [-0.1, -0.05) is 70.6 Å². The van der Waals surface area contributed by atoms with Crippen LogP contribution in [0.2, 0.25) is 0 Å². The third kappa shape index (κ3) is 6.01. The van der Waals surface area contributed by atoms with Crippen molar-refractivity contribution in [2.45, 2.75) is 77.7 Å². The van der Waals surface area contributed by atoms with Crippen molar-refractivity contribution >= 4 is 5.97 Å². The molecular weight excluding hydrogens is 376 g/mol. The highest BCUT2D eigenvalue weighted by Gasteiger charge is 2.33. The third-order valence-corrected chi connectivity index (χ3v) is 5.45. The second-order valence-electron chi connectivity index (χ2n) is 7.96. The summed E-state index contributed by atoms with van der Waals surface area (Å²) in [6.45, 7) is 5.05. The van der Waals surface area contributed by atoms with Gasteiger partial charge in [0.05, 0.1) is 6.61 Å². The Morgan fingerprint density at radius 3 is 2.40 bits per heavy atom. The second-order valence-corrected chi connectivity index (χ2v) is 7.96. The Kier molecular flexibility index (Phi) is 8.61. The van der Waals surface area contributed by atoms with E-state index in [1.807, 2.05) is 30.3 Å². The lowest BCUT2D eigenvalue weighted by Crippen LogP contribution is -2.28. The minimum atomic E-state index is -0.805. The molecule has 1 aliphatic rings. The maximum atomic E-state index is 12.7. The number of para-hydroxylation sites is 2. The van der Waals surface area contributed by atoms with Gasteiger partial charge in [0.2, 0.25) is 6.10 Å². The molecular formula is C26H34O4. The first-order valence-electron chi connectivity index (χ1n) is 11.5. The minimum absolute atomic E-state index is 0.397. The zero-order valence-corrected chi connectivity index (χ0v) is 18.3. The van der Waals surface area contributed by atoms with Gasteiger partial charge in [0.25, 0.3) is 0 Å². The molecule has 1 atom stereocenters. The normalized spacial score (nSPS) is 15.3. The Balaban J connectivity index is 1.72. The van der Waals surface area contributed by atoms with E-state index in [4.69, 9.17) is 14.2 Å². The molecule has 4 heteroatoms. The van der Waals surface area contributed by atoms with E-state index in [9.17, 15) is 4.79 Å². The summed E-state index contributed by atoms with van der Waals surface area (Å²) in [6, 6.07) is 13.4. The van der Waals surface area contributed by atoms with Gasteiger partial charge < -0.3 is 14.2 Å². The number of hydrogen-bond donors (Lipinski definition) is 0. The van der Waals surface area contributed by atoms with Crippen molar-refractivity contribution in [3.05, 3.63) is 53.6 Å². The highest BCUT2D eigenvalue weighted by Crippen LogP contribution is 2.39. The van der Waals surface area contributed by atoms with E-state index in [0.29, 0.717) is 23.9 Å². The van der Waals surface area contributed by atoms with E-state index in [0.717, 1.165) is 31.2 Å². The molecule has 0 spiro atoms. The van der Waals surface area contributed by atoms with E-state index >= 15 is 0 Å². The number of fused-ring (bicyclic) bond motifs is 1. The van der Waals surface area contributed by atoms with Gasteiger partial charge in [-0.3, -0.25) is 0 Å². The van der Waals surface area contributed by atoms with Gasteiger partial charge in [-0.25, -0.2) is 4.79 Å². The van der Waals surface area contributed by atoms with Gasteiger partial charge in [-0.15, -0.1) is 0 Å². The van der Waals surface area contributed by atoms with Crippen LogP contribution in [0, 0.1) is 0 Å². The van der Waals surface area contributed by atoms with Crippen LogP contribution < -0.4 is 14.2 Å². The van der Waals surface area contributed by atoms with Crippen molar-refractivity contribution in [2.24, 2.45) is 0 Å². The molecule has 1 heterocycles. The monoisotopic (exact) mass is 410 g/mol. The van der Waals surface area contributed by atoms with Crippen LogP contribution in [0.15, 0.2) is 42.5 Å². The first-order chi connectivity index (χ1) is 14.7. The Bertz CT molecular complexity index is 814. The minimum Gasteiger partial charge on any atom is -0.493 e. The SMILES string of the molecule is CCCCCCCCOc1ccc(CCCC)cc1[C@@H]1Oc2ccccc2OC1=O. The Hall–Kier alpha value is -2.49. The summed E-state index contributed by atoms with van der Waals surface area (Å²) in [7, 11) is 0. The first kappa shape index (κ1) is 22.2. The van der Waals surface area contributed by atoms with Gasteiger partial charge in [0, 0.05) is 5.56 Å². The summed E-state index contributed by atoms with van der Waals surface area (Å²) in [5.41, 5.74) is 1.95. The van der Waals surface area contributed by atoms with Gasteiger partial charge >= 0.3 is 5.97 Å². The number of carbonyl (C=O) groups is 1. The van der Waals surface area contributed by atoms with Crippen molar-refractivity contribution in [1.29, 1.82) is 0 Å². The number of hydrogen-bond acceptors (Lipinski definition) is 4. The smallest absolute Gasteiger partial charge is 0.357 e. The molecule has 0 saturated carbocycles. The average Bonchev–Trinajstić information content (AvgIpc) is 2.77. The predicted molar refractivity (Wildman–Crippen MR) is 119 cm³/mol. The van der Waals surface area contributed by atoms with Crippen molar-refractivity contribution < 1.29 is 19.0 Å². The summed E-state index contributed by atoms with van der Waals surface area (Å²) in [4.78, 5) is 12.7. The molecule has 3 rings (SSSR count). The summed E-state index contributed by atoms with van der Waals surface area (Å²) in [5.74, 6) is 1.37. The van der Waals surface area contributed by atoms with Gasteiger partial charge in [-0.2, -0.15) is 0 Å². The van der Waals surface area contributed by atoms with E-state index < -0.39 is 12.1 Å². The molecule has 0 aliphatic carbocycles. The van der Waals surface area contributed by atoms with Crippen LogP contribution in [0.25, 0.3) is 0 Å². The van der Waals surface area contributed by atoms with Crippen LogP contribution in [-0.2, 0) is 11.2 Å². The number of ether oxygens (including phenoxy) is 3. The molecule has 4 nitrogen and oxygen atoms in total. The summed E-state index contributed by atoms with van der Waals surface area (Å²) < 4.78 is 17.7. The summed E-state index contributed by atoms with van der Waals surface area (Å²) in [6.07, 6.45) is 9.66. The van der Waals surface area contributed by atoms with Crippen molar-refractivity contribution in [2.75, 3.05) is 6.61 Å². The zero-order chi connectivity index (χ0) is 21.2. The summed E-state index contributed by atoms with van der Waals surface area (Å²) >= 11 is 0. The lowest BCUT2D eigenvalue weighted by atomic mass is 10.0. The number of aryl methyl sites for hydroxylation is 1. The first-order valence-corrected chi connectivity index (χ1v) is 11.5. The van der Waals surface area contributed by atoms with E-state index in [2.05, 4.69) is 19.9 Å². The fourth-order valence-electron chi connectivity index (χ4n) is 3.69. The molecule has 30 heavy (non-hydrogen) atoms. The molecule has 2 aromatic rings. The molecule has 0 unspecified atom stereocenters. The lowest BCUT2D eigenvalue weighted by Gasteiger charge is -2.26. The fraction of sp³-hybridized carbons (Fsp3) is 0.500. The van der Waals surface area contributed by atoms with Crippen molar-refractivity contribution in [3.63, 3.8) is 0 Å². The zero-order valence-electron chi connectivity index (χ0n) is 18.3. The fourth-order valence-corrected chi connectivity index (χ4v) is 3.69. The number of unbranched alkanes of at least 4 members (excludes halogenated alkanes) is 6. The van der Waals surface area contributed by atoms with Crippen molar-refractivity contribution in [1.82, 2.24) is 0 Å². The molecule has 162 valence electrons. The van der Waals surface area contributed by atoms with Crippen LogP contribution in [0.4, 0.5) is 0 Å². The van der Waals surface area contributed by atoms with Crippen LogP contribution in [0.1, 0.15) is 82.4 Å². The number of rotatable bonds is 12. The second kappa shape index (κ2) is 11.6. The Labute approximate surface area is 180 Å². The van der Waals surface area contributed by atoms with Gasteiger partial charge in [0.15, 0.2) is 11.5 Å². The Morgan fingerprint density at radius 1 is 0.867 bits per heavy atom. The predicted octanol–water partition coefficient (Wildman–Crippen LogP) is 6.81. The van der Waals surface area contributed by atoms with E-state index in [1.54, 1.807) is 6.07 Å². The highest BCUT2D eigenvalue weighted by molar-refractivity contribution is 5.82. The summed E-state index contributed by atoms with van der Waals surface area (Å²) in [5, 5.41) is 0. The van der Waals surface area contributed by atoms with Gasteiger partial charge in [-0.05, 0) is 49.1 Å². The molecule has 0 N–H and O–H groups in total. The molecule has 0 saturated heterocycles. The van der Waals surface area contributed by atoms with Crippen LogP contribution in [0.3, 0.4) is 0 Å². The average molecular weight is 411 g/mol. The molecule has 0 radical (unpaired) electrons.